The number of rotatable bonds is 8. The van der Waals surface area contributed by atoms with E-state index in [1.54, 1.807) is 18.2 Å². The number of ether oxygens (including phenoxy) is 2. The summed E-state index contributed by atoms with van der Waals surface area (Å²) in [7, 11) is 0. The molecule has 1 N–H and O–H groups in total. The first-order chi connectivity index (χ1) is 15.4. The first-order valence-electron chi connectivity index (χ1n) is 9.70. The van der Waals surface area contributed by atoms with Crippen LogP contribution in [0, 0.1) is 14.9 Å². The van der Waals surface area contributed by atoms with E-state index in [2.05, 4.69) is 28.7 Å². The second-order valence-corrected chi connectivity index (χ2v) is 8.33. The first-order valence-corrected chi connectivity index (χ1v) is 11.2. The third-order valence-electron chi connectivity index (χ3n) is 4.50. The van der Waals surface area contributed by atoms with Gasteiger partial charge in [-0.05, 0) is 88.7 Å². The number of halogens is 2. The molecule has 0 bridgehead atoms. The Balaban J connectivity index is 1.90. The number of allylic oxidation sites excluding steroid dienone is 1. The molecule has 0 unspecified atom stereocenters. The maximum atomic E-state index is 11.1. The summed E-state index contributed by atoms with van der Waals surface area (Å²) in [4.78, 5) is 11.1. The summed E-state index contributed by atoms with van der Waals surface area (Å²) in [5.41, 5.74) is 2.97. The molecule has 3 aromatic rings. The van der Waals surface area contributed by atoms with Crippen LogP contribution in [0.2, 0.25) is 5.02 Å². The van der Waals surface area contributed by atoms with Crippen LogP contribution in [0.25, 0.3) is 11.6 Å². The number of carboxylic acid groups (broad SMARTS) is 1. The number of hydrogen-bond donors (Lipinski definition) is 1. The third-order valence-corrected chi connectivity index (χ3v) is 5.56. The highest BCUT2D eigenvalue weighted by Gasteiger charge is 2.13. The Morgan fingerprint density at radius 1 is 1.09 bits per heavy atom. The summed E-state index contributed by atoms with van der Waals surface area (Å²) in [5.74, 6) is 0.200. The van der Waals surface area contributed by atoms with Crippen molar-refractivity contribution in [3.63, 3.8) is 0 Å². The van der Waals surface area contributed by atoms with Crippen LogP contribution in [0.5, 0.6) is 11.5 Å². The zero-order valence-corrected chi connectivity index (χ0v) is 20.1. The van der Waals surface area contributed by atoms with Gasteiger partial charge in [-0.3, -0.25) is 0 Å². The quantitative estimate of drug-likeness (QED) is 0.189. The van der Waals surface area contributed by atoms with Crippen molar-refractivity contribution in [2.45, 2.75) is 13.5 Å². The lowest BCUT2D eigenvalue weighted by molar-refractivity contribution is 0.0697. The number of aromatic carboxylic acids is 1. The molecular formula is C25H19ClINO4. The van der Waals surface area contributed by atoms with E-state index in [0.29, 0.717) is 40.9 Å². The normalized spacial score (nSPS) is 11.0. The smallest absolute Gasteiger partial charge is 0.335 e. The van der Waals surface area contributed by atoms with Gasteiger partial charge in [0.15, 0.2) is 11.5 Å². The molecule has 0 heterocycles. The van der Waals surface area contributed by atoms with Crippen LogP contribution in [0.3, 0.4) is 0 Å². The second kappa shape index (κ2) is 11.0. The molecule has 3 rings (SSSR count). The molecule has 3 aromatic carbocycles. The van der Waals surface area contributed by atoms with Crippen LogP contribution in [0.1, 0.15) is 34.0 Å². The minimum absolute atomic E-state index is 0.168. The fraction of sp³-hybridized carbons (Fsp3) is 0.120. The minimum atomic E-state index is -1.01. The van der Waals surface area contributed by atoms with Gasteiger partial charge in [-0.2, -0.15) is 5.26 Å². The Labute approximate surface area is 205 Å². The Kier molecular flexibility index (Phi) is 8.14. The Hall–Kier alpha value is -3.02. The third kappa shape index (κ3) is 6.02. The zero-order chi connectivity index (χ0) is 23.1. The van der Waals surface area contributed by atoms with Gasteiger partial charge < -0.3 is 14.6 Å². The lowest BCUT2D eigenvalue weighted by Crippen LogP contribution is -2.02. The van der Waals surface area contributed by atoms with Crippen molar-refractivity contribution in [1.29, 1.82) is 5.26 Å². The SMILES string of the molecule is CCOc1cc(/C=C(/C#N)c2ccc(C(=O)O)cc2)cc(I)c1OCc1ccc(Cl)cc1. The Bertz CT molecular complexity index is 1180. The fourth-order valence-electron chi connectivity index (χ4n) is 2.95. The van der Waals surface area contributed by atoms with Crippen molar-refractivity contribution < 1.29 is 19.4 Å². The summed E-state index contributed by atoms with van der Waals surface area (Å²) in [6.45, 7) is 2.72. The van der Waals surface area contributed by atoms with Gasteiger partial charge in [-0.25, -0.2) is 4.79 Å². The van der Waals surface area contributed by atoms with Crippen molar-refractivity contribution in [3.8, 4) is 17.6 Å². The van der Waals surface area contributed by atoms with Crippen molar-refractivity contribution in [2.24, 2.45) is 0 Å². The lowest BCUT2D eigenvalue weighted by Gasteiger charge is -2.15. The molecule has 0 aliphatic rings. The van der Waals surface area contributed by atoms with Crippen LogP contribution in [0.15, 0.2) is 60.7 Å². The van der Waals surface area contributed by atoms with Crippen LogP contribution in [-0.4, -0.2) is 17.7 Å². The van der Waals surface area contributed by atoms with Gasteiger partial charge in [0, 0.05) is 5.02 Å². The van der Waals surface area contributed by atoms with E-state index in [4.69, 9.17) is 26.2 Å². The topological polar surface area (TPSA) is 79.5 Å². The zero-order valence-electron chi connectivity index (χ0n) is 17.1. The molecule has 7 heteroatoms. The molecule has 0 saturated carbocycles. The summed E-state index contributed by atoms with van der Waals surface area (Å²) in [6, 6.07) is 19.5. The van der Waals surface area contributed by atoms with Crippen LogP contribution < -0.4 is 9.47 Å². The number of hydrogen-bond acceptors (Lipinski definition) is 4. The largest absolute Gasteiger partial charge is 0.490 e. The maximum absolute atomic E-state index is 11.1. The van der Waals surface area contributed by atoms with Crippen molar-refractivity contribution in [1.82, 2.24) is 0 Å². The minimum Gasteiger partial charge on any atom is -0.490 e. The van der Waals surface area contributed by atoms with Gasteiger partial charge in [0.1, 0.15) is 6.61 Å². The van der Waals surface area contributed by atoms with Gasteiger partial charge >= 0.3 is 5.97 Å². The molecule has 162 valence electrons. The summed E-state index contributed by atoms with van der Waals surface area (Å²) < 4.78 is 12.7. The molecule has 0 aromatic heterocycles. The maximum Gasteiger partial charge on any atom is 0.335 e. The van der Waals surface area contributed by atoms with Gasteiger partial charge in [-0.1, -0.05) is 35.9 Å². The molecule has 0 radical (unpaired) electrons. The van der Waals surface area contributed by atoms with Gasteiger partial charge in [-0.15, -0.1) is 0 Å². The van der Waals surface area contributed by atoms with Crippen molar-refractivity contribution in [2.75, 3.05) is 6.61 Å². The second-order valence-electron chi connectivity index (χ2n) is 6.73. The number of carbonyl (C=O) groups is 1. The standard InChI is InChI=1S/C25H19ClINO4/c1-2-31-23-13-17(11-20(14-28)18-5-7-19(8-6-18)25(29)30)12-22(27)24(23)32-15-16-3-9-21(26)10-4-16/h3-13H,2,15H2,1H3,(H,29,30)/b20-11-. The number of nitrogens with zero attached hydrogens (tertiary/aromatic N) is 1. The summed E-state index contributed by atoms with van der Waals surface area (Å²) in [6.07, 6.45) is 1.74. The highest BCUT2D eigenvalue weighted by Crippen LogP contribution is 2.36. The molecular weight excluding hydrogens is 541 g/mol. The van der Waals surface area contributed by atoms with E-state index in [0.717, 1.165) is 14.7 Å². The molecule has 0 saturated heterocycles. The summed E-state index contributed by atoms with van der Waals surface area (Å²) >= 11 is 8.12. The predicted octanol–water partition coefficient (Wildman–Crippen LogP) is 6.68. The predicted molar refractivity (Wildman–Crippen MR) is 133 cm³/mol. The Morgan fingerprint density at radius 2 is 1.75 bits per heavy atom. The van der Waals surface area contributed by atoms with Crippen molar-refractivity contribution >= 4 is 51.8 Å². The van der Waals surface area contributed by atoms with E-state index in [9.17, 15) is 10.1 Å². The van der Waals surface area contributed by atoms with E-state index in [1.165, 1.54) is 12.1 Å². The first kappa shape index (κ1) is 23.6. The highest BCUT2D eigenvalue weighted by molar-refractivity contribution is 14.1. The van der Waals surface area contributed by atoms with Crippen molar-refractivity contribution in [3.05, 3.63) is 91.5 Å². The van der Waals surface area contributed by atoms with E-state index in [-0.39, 0.29) is 5.56 Å². The number of nitriles is 1. The fourth-order valence-corrected chi connectivity index (χ4v) is 3.86. The molecule has 5 nitrogen and oxygen atoms in total. The average molecular weight is 560 g/mol. The molecule has 0 atom stereocenters. The molecule has 0 aliphatic carbocycles. The molecule has 0 fully saturated rings. The highest BCUT2D eigenvalue weighted by atomic mass is 127. The van der Waals surface area contributed by atoms with Gasteiger partial charge in [0.2, 0.25) is 0 Å². The Morgan fingerprint density at radius 3 is 2.34 bits per heavy atom. The number of carboxylic acids is 1. The molecule has 0 amide bonds. The van der Waals surface area contributed by atoms with E-state index in [1.807, 2.05) is 43.3 Å². The van der Waals surface area contributed by atoms with E-state index < -0.39 is 5.97 Å². The number of benzene rings is 3. The van der Waals surface area contributed by atoms with Crippen LogP contribution in [-0.2, 0) is 6.61 Å². The van der Waals surface area contributed by atoms with Gasteiger partial charge in [0.05, 0.1) is 27.4 Å². The monoisotopic (exact) mass is 559 g/mol. The van der Waals surface area contributed by atoms with Crippen LogP contribution >= 0.6 is 34.2 Å². The average Bonchev–Trinajstić information content (AvgIpc) is 2.78. The van der Waals surface area contributed by atoms with Gasteiger partial charge in [0.25, 0.3) is 0 Å². The van der Waals surface area contributed by atoms with E-state index >= 15 is 0 Å². The summed E-state index contributed by atoms with van der Waals surface area (Å²) in [5, 5.41) is 19.4. The molecule has 32 heavy (non-hydrogen) atoms. The molecule has 0 spiro atoms. The molecule has 0 aliphatic heterocycles. The lowest BCUT2D eigenvalue weighted by atomic mass is 10.0. The van der Waals surface area contributed by atoms with Crippen LogP contribution in [0.4, 0.5) is 0 Å².